The number of allylic oxidation sites excluding steroid dienone is 1. The molecule has 2 atom stereocenters. The molecule has 1 fully saturated rings. The summed E-state index contributed by atoms with van der Waals surface area (Å²) in [6, 6.07) is 1.68. The molecule has 168 valence electrons. The van der Waals surface area contributed by atoms with Gasteiger partial charge in [0.25, 0.3) is 12.3 Å². The maximum atomic E-state index is 14.6. The molecular formula is C19H23F4N7S. The van der Waals surface area contributed by atoms with Crippen LogP contribution < -0.4 is 9.62 Å². The first kappa shape index (κ1) is 23.2. The molecule has 2 aromatic heterocycles. The zero-order valence-corrected chi connectivity index (χ0v) is 17.8. The van der Waals surface area contributed by atoms with Crippen LogP contribution in [-0.4, -0.2) is 63.9 Å². The number of aromatic nitrogens is 4. The van der Waals surface area contributed by atoms with Crippen molar-refractivity contribution in [1.82, 2.24) is 24.7 Å². The number of halogens is 4. The fraction of sp³-hybridized carbons (Fsp3) is 0.474. The van der Waals surface area contributed by atoms with Gasteiger partial charge in [-0.3, -0.25) is 10.1 Å². The largest absolute Gasteiger partial charge is 0.355 e. The third-order valence-electron chi connectivity index (χ3n) is 5.11. The van der Waals surface area contributed by atoms with Crippen molar-refractivity contribution in [2.45, 2.75) is 19.3 Å². The first-order valence-corrected chi connectivity index (χ1v) is 10.8. The molecule has 0 aliphatic carbocycles. The van der Waals surface area contributed by atoms with E-state index in [4.69, 9.17) is 5.41 Å². The van der Waals surface area contributed by atoms with Crippen molar-refractivity contribution in [2.75, 3.05) is 30.8 Å². The van der Waals surface area contributed by atoms with E-state index in [1.54, 1.807) is 12.3 Å². The third kappa shape index (κ3) is 5.42. The molecule has 1 saturated heterocycles. The van der Waals surface area contributed by atoms with E-state index >= 15 is 0 Å². The van der Waals surface area contributed by atoms with Gasteiger partial charge < -0.3 is 9.88 Å². The Hall–Kier alpha value is -2.47. The molecule has 12 heteroatoms. The van der Waals surface area contributed by atoms with Crippen molar-refractivity contribution in [3.63, 3.8) is 0 Å². The predicted octanol–water partition coefficient (Wildman–Crippen LogP) is 3.74. The average molecular weight is 458 g/mol. The van der Waals surface area contributed by atoms with Crippen LogP contribution in [-0.2, 0) is 0 Å². The molecule has 1 aliphatic rings. The van der Waals surface area contributed by atoms with Crippen molar-refractivity contribution in [1.29, 1.82) is 5.41 Å². The van der Waals surface area contributed by atoms with E-state index in [2.05, 4.69) is 24.7 Å². The van der Waals surface area contributed by atoms with Crippen LogP contribution in [0.5, 0.6) is 0 Å². The Balaban J connectivity index is 1.78. The molecule has 1 aliphatic heterocycles. The molecule has 7 nitrogen and oxygen atoms in total. The van der Waals surface area contributed by atoms with E-state index in [1.165, 1.54) is 37.5 Å². The van der Waals surface area contributed by atoms with Crippen LogP contribution in [0.15, 0.2) is 24.7 Å². The number of piperidine rings is 1. The van der Waals surface area contributed by atoms with Gasteiger partial charge in [0.05, 0.1) is 29.2 Å². The summed E-state index contributed by atoms with van der Waals surface area (Å²) in [5, 5.41) is 7.14. The van der Waals surface area contributed by atoms with Crippen LogP contribution in [0.4, 0.5) is 23.4 Å². The maximum absolute atomic E-state index is 14.6. The second-order valence-electron chi connectivity index (χ2n) is 7.26. The van der Waals surface area contributed by atoms with Gasteiger partial charge in [-0.05, 0) is 18.4 Å². The van der Waals surface area contributed by atoms with Crippen LogP contribution in [0.2, 0.25) is 0 Å². The van der Waals surface area contributed by atoms with Crippen LogP contribution >= 0.6 is 11.9 Å². The van der Waals surface area contributed by atoms with Crippen molar-refractivity contribution in [3.05, 3.63) is 30.5 Å². The van der Waals surface area contributed by atoms with Gasteiger partial charge in [0.1, 0.15) is 18.0 Å². The van der Waals surface area contributed by atoms with Crippen LogP contribution in [0.1, 0.15) is 12.7 Å². The summed E-state index contributed by atoms with van der Waals surface area (Å²) >= 11 is 1.30. The van der Waals surface area contributed by atoms with Gasteiger partial charge in [-0.1, -0.05) is 18.9 Å². The van der Waals surface area contributed by atoms with E-state index in [0.717, 1.165) is 6.08 Å². The Morgan fingerprint density at radius 2 is 2.16 bits per heavy atom. The summed E-state index contributed by atoms with van der Waals surface area (Å²) in [7, 11) is 0. The summed E-state index contributed by atoms with van der Waals surface area (Å²) in [4.78, 5) is 17.3. The lowest BCUT2D eigenvalue weighted by Crippen LogP contribution is -2.55. The highest BCUT2D eigenvalue weighted by Crippen LogP contribution is 2.39. The second kappa shape index (κ2) is 9.77. The minimum atomic E-state index is -2.86. The molecular weight excluding hydrogens is 434 g/mol. The van der Waals surface area contributed by atoms with Crippen molar-refractivity contribution in [2.24, 2.45) is 11.8 Å². The lowest BCUT2D eigenvalue weighted by molar-refractivity contribution is -0.108. The van der Waals surface area contributed by atoms with Gasteiger partial charge in [0.2, 0.25) is 0 Å². The minimum absolute atomic E-state index is 0.147. The van der Waals surface area contributed by atoms with Gasteiger partial charge in [-0.25, -0.2) is 32.5 Å². The third-order valence-corrected chi connectivity index (χ3v) is 5.57. The summed E-state index contributed by atoms with van der Waals surface area (Å²) < 4.78 is 57.0. The Morgan fingerprint density at radius 1 is 1.39 bits per heavy atom. The topological polar surface area (TPSA) is 93.6 Å². The Kier molecular flexibility index (Phi) is 7.31. The lowest BCUT2D eigenvalue weighted by Gasteiger charge is -2.43. The van der Waals surface area contributed by atoms with E-state index in [1.807, 2.05) is 4.90 Å². The normalized spacial score (nSPS) is 21.2. The second-order valence-corrected chi connectivity index (χ2v) is 7.96. The van der Waals surface area contributed by atoms with Gasteiger partial charge in [0.15, 0.2) is 0 Å². The molecule has 0 saturated carbocycles. The molecule has 3 heterocycles. The van der Waals surface area contributed by atoms with Crippen molar-refractivity contribution >= 4 is 29.6 Å². The number of H-pyrrole nitrogens is 1. The number of aromatic amines is 1. The van der Waals surface area contributed by atoms with E-state index < -0.39 is 29.9 Å². The molecule has 3 N–H and O–H groups in total. The first-order chi connectivity index (χ1) is 14.7. The molecule has 3 rings (SSSR count). The summed E-state index contributed by atoms with van der Waals surface area (Å²) in [5.74, 6) is -3.69. The minimum Gasteiger partial charge on any atom is -0.355 e. The number of imidazole rings is 1. The van der Waals surface area contributed by atoms with Crippen LogP contribution in [0.25, 0.3) is 17.5 Å². The highest BCUT2D eigenvalue weighted by Gasteiger charge is 2.49. The molecule has 0 spiro atoms. The van der Waals surface area contributed by atoms with Gasteiger partial charge in [-0.2, -0.15) is 0 Å². The Bertz CT molecular complexity index is 933. The zero-order chi connectivity index (χ0) is 22.6. The first-order valence-electron chi connectivity index (χ1n) is 9.53. The molecule has 31 heavy (non-hydrogen) atoms. The van der Waals surface area contributed by atoms with E-state index in [-0.39, 0.29) is 25.5 Å². The molecule has 0 bridgehead atoms. The fourth-order valence-corrected chi connectivity index (χ4v) is 3.72. The standard InChI is InChI=1S/C19H23F4N7S/c1-11-8-30(9-12(6-28-31-2)19(11,22)23)17-5-14(26-10-27-17)15-7-25-16(29-15)4-3-13(24)18(20)21/h3-5,7,10-12,18,24,28H,6,8-9H2,1-2H3,(H,25,29)/b4-3-,24-13?. The van der Waals surface area contributed by atoms with Crippen molar-refractivity contribution < 1.29 is 17.6 Å². The number of alkyl halides is 4. The number of hydrogen-bond acceptors (Lipinski definition) is 7. The fourth-order valence-electron chi connectivity index (χ4n) is 3.35. The number of nitrogens with one attached hydrogen (secondary N) is 3. The van der Waals surface area contributed by atoms with Gasteiger partial charge in [0, 0.05) is 31.6 Å². The average Bonchev–Trinajstić information content (AvgIpc) is 3.22. The van der Waals surface area contributed by atoms with Gasteiger partial charge >= 0.3 is 0 Å². The predicted molar refractivity (Wildman–Crippen MR) is 114 cm³/mol. The Labute approximate surface area is 181 Å². The van der Waals surface area contributed by atoms with E-state index in [0.29, 0.717) is 17.2 Å². The van der Waals surface area contributed by atoms with Crippen LogP contribution in [0.3, 0.4) is 0 Å². The number of rotatable bonds is 8. The SMILES string of the molecule is CSNCC1CN(c2cc(-c3cnc(/C=C\C(=N)C(F)F)[nH]3)ncn2)CC(C)C1(F)F. The number of nitrogens with zero attached hydrogens (tertiary/aromatic N) is 4. The zero-order valence-electron chi connectivity index (χ0n) is 16.9. The molecule has 0 aromatic carbocycles. The lowest BCUT2D eigenvalue weighted by atomic mass is 9.86. The summed E-state index contributed by atoms with van der Waals surface area (Å²) in [6.07, 6.45) is 4.01. The number of hydrogen-bond donors (Lipinski definition) is 3. The summed E-state index contributed by atoms with van der Waals surface area (Å²) in [6.45, 7) is 2.02. The maximum Gasteiger partial charge on any atom is 0.279 e. The quantitative estimate of drug-likeness (QED) is 0.318. The highest BCUT2D eigenvalue weighted by molar-refractivity contribution is 7.96. The summed E-state index contributed by atoms with van der Waals surface area (Å²) in [5.41, 5.74) is 0.191. The van der Waals surface area contributed by atoms with E-state index in [9.17, 15) is 17.6 Å². The smallest absolute Gasteiger partial charge is 0.279 e. The molecule has 2 unspecified atom stereocenters. The number of anilines is 1. The van der Waals surface area contributed by atoms with Gasteiger partial charge in [-0.15, -0.1) is 0 Å². The van der Waals surface area contributed by atoms with Crippen molar-refractivity contribution in [3.8, 4) is 11.4 Å². The monoisotopic (exact) mass is 457 g/mol. The Morgan fingerprint density at radius 3 is 2.87 bits per heavy atom. The van der Waals surface area contributed by atoms with Crippen LogP contribution in [0, 0.1) is 17.2 Å². The highest BCUT2D eigenvalue weighted by atomic mass is 32.2. The molecule has 2 aromatic rings. The molecule has 0 amide bonds. The molecule has 0 radical (unpaired) electrons.